The number of benzene rings is 3. The summed E-state index contributed by atoms with van der Waals surface area (Å²) in [4.78, 5) is 25.2. The fraction of sp³-hybridized carbons (Fsp3) is 0. The van der Waals surface area contributed by atoms with Crippen molar-refractivity contribution < 1.29 is 13.6 Å². The lowest BCUT2D eigenvalue weighted by Gasteiger charge is -2.12. The summed E-state index contributed by atoms with van der Waals surface area (Å²) < 4.78 is 18.5. The maximum absolute atomic E-state index is 13.1. The van der Waals surface area contributed by atoms with E-state index in [0.717, 1.165) is 5.56 Å². The van der Waals surface area contributed by atoms with Crippen LogP contribution in [0, 0.1) is 5.82 Å². The minimum absolute atomic E-state index is 0.0887. The zero-order valence-corrected chi connectivity index (χ0v) is 14.1. The van der Waals surface area contributed by atoms with E-state index in [1.807, 2.05) is 30.3 Å². The number of amides is 1. The second-order valence-corrected chi connectivity index (χ2v) is 5.97. The van der Waals surface area contributed by atoms with E-state index in [-0.39, 0.29) is 5.76 Å². The van der Waals surface area contributed by atoms with Gasteiger partial charge in [0.1, 0.15) is 5.82 Å². The van der Waals surface area contributed by atoms with E-state index in [1.54, 1.807) is 24.3 Å². The molecule has 0 unspecified atom stereocenters. The number of hydrogen-bond donors (Lipinski definition) is 1. The number of halogens is 1. The maximum Gasteiger partial charge on any atom is 0.344 e. The molecule has 1 amide bonds. The van der Waals surface area contributed by atoms with Gasteiger partial charge in [-0.15, -0.1) is 0 Å². The predicted octanol–water partition coefficient (Wildman–Crippen LogP) is 4.85. The van der Waals surface area contributed by atoms with Crippen LogP contribution in [0.5, 0.6) is 0 Å². The Morgan fingerprint density at radius 3 is 2.15 bits per heavy atom. The van der Waals surface area contributed by atoms with Crippen molar-refractivity contribution in [2.45, 2.75) is 0 Å². The SMILES string of the molecule is O=C(Nc1ccc(F)cc1)c1oc(=O)c2ccccc2c1-c1ccccc1. The van der Waals surface area contributed by atoms with Crippen molar-refractivity contribution >= 4 is 22.4 Å². The number of fused-ring (bicyclic) bond motifs is 1. The van der Waals surface area contributed by atoms with Gasteiger partial charge < -0.3 is 9.73 Å². The molecule has 3 aromatic carbocycles. The highest BCUT2D eigenvalue weighted by atomic mass is 19.1. The molecule has 5 heteroatoms. The molecule has 0 atom stereocenters. The standard InChI is InChI=1S/C22H14FNO3/c23-15-10-12-16(13-11-15)24-21(25)20-19(14-6-2-1-3-7-14)17-8-4-5-9-18(17)22(26)27-20/h1-13H,(H,24,25). The van der Waals surface area contributed by atoms with Gasteiger partial charge in [-0.1, -0.05) is 48.5 Å². The molecule has 4 aromatic rings. The lowest BCUT2D eigenvalue weighted by atomic mass is 9.98. The number of carbonyl (C=O) groups is 1. The Labute approximate surface area is 153 Å². The normalized spacial score (nSPS) is 10.7. The molecule has 27 heavy (non-hydrogen) atoms. The van der Waals surface area contributed by atoms with E-state index >= 15 is 0 Å². The highest BCUT2D eigenvalue weighted by Gasteiger charge is 2.21. The minimum Gasteiger partial charge on any atom is -0.416 e. The molecule has 0 saturated heterocycles. The highest BCUT2D eigenvalue weighted by molar-refractivity contribution is 6.11. The van der Waals surface area contributed by atoms with Gasteiger partial charge in [0.2, 0.25) is 5.76 Å². The molecular weight excluding hydrogens is 345 g/mol. The summed E-state index contributed by atoms with van der Waals surface area (Å²) in [5.41, 5.74) is 1.10. The second kappa shape index (κ2) is 6.88. The third-order valence-corrected chi connectivity index (χ3v) is 4.21. The van der Waals surface area contributed by atoms with Crippen molar-refractivity contribution in [3.05, 3.63) is 101 Å². The van der Waals surface area contributed by atoms with E-state index in [2.05, 4.69) is 5.32 Å². The third-order valence-electron chi connectivity index (χ3n) is 4.21. The Kier molecular flexibility index (Phi) is 4.26. The van der Waals surface area contributed by atoms with Crippen LogP contribution in [-0.2, 0) is 0 Å². The number of carbonyl (C=O) groups excluding carboxylic acids is 1. The summed E-state index contributed by atoms with van der Waals surface area (Å²) in [5, 5.41) is 3.68. The summed E-state index contributed by atoms with van der Waals surface area (Å²) in [6.45, 7) is 0. The van der Waals surface area contributed by atoms with Gasteiger partial charge in [0.15, 0.2) is 0 Å². The molecule has 0 aliphatic carbocycles. The van der Waals surface area contributed by atoms with Gasteiger partial charge in [0.25, 0.3) is 5.91 Å². The molecule has 0 fully saturated rings. The van der Waals surface area contributed by atoms with Crippen LogP contribution in [0.15, 0.2) is 88.1 Å². The Morgan fingerprint density at radius 1 is 0.815 bits per heavy atom. The van der Waals surface area contributed by atoms with E-state index in [4.69, 9.17) is 4.42 Å². The van der Waals surface area contributed by atoms with E-state index in [0.29, 0.717) is 22.0 Å². The van der Waals surface area contributed by atoms with Gasteiger partial charge in [-0.3, -0.25) is 4.79 Å². The van der Waals surface area contributed by atoms with Crippen LogP contribution < -0.4 is 10.9 Å². The first kappa shape index (κ1) is 16.7. The van der Waals surface area contributed by atoms with Gasteiger partial charge in [-0.25, -0.2) is 9.18 Å². The first-order valence-corrected chi connectivity index (χ1v) is 8.31. The average molecular weight is 359 g/mol. The van der Waals surface area contributed by atoms with Crippen LogP contribution in [0.2, 0.25) is 0 Å². The van der Waals surface area contributed by atoms with E-state index in [1.165, 1.54) is 24.3 Å². The Balaban J connectivity index is 1.90. The summed E-state index contributed by atoms with van der Waals surface area (Å²) in [6.07, 6.45) is 0. The average Bonchev–Trinajstić information content (AvgIpc) is 2.70. The molecule has 0 aliphatic heterocycles. The van der Waals surface area contributed by atoms with Gasteiger partial charge in [0, 0.05) is 16.6 Å². The van der Waals surface area contributed by atoms with Crippen molar-refractivity contribution in [2.75, 3.05) is 5.32 Å². The molecule has 0 aliphatic rings. The Hall–Kier alpha value is -3.73. The summed E-state index contributed by atoms with van der Waals surface area (Å²) in [5.74, 6) is -1.08. The fourth-order valence-electron chi connectivity index (χ4n) is 2.97. The van der Waals surface area contributed by atoms with Crippen LogP contribution in [-0.4, -0.2) is 5.91 Å². The monoisotopic (exact) mass is 359 g/mol. The van der Waals surface area contributed by atoms with Crippen LogP contribution in [0.4, 0.5) is 10.1 Å². The molecule has 0 spiro atoms. The predicted molar refractivity (Wildman–Crippen MR) is 102 cm³/mol. The first-order valence-electron chi connectivity index (χ1n) is 8.31. The molecular formula is C22H14FNO3. The smallest absolute Gasteiger partial charge is 0.344 e. The molecule has 0 saturated carbocycles. The zero-order chi connectivity index (χ0) is 18.8. The fourth-order valence-corrected chi connectivity index (χ4v) is 2.97. The zero-order valence-electron chi connectivity index (χ0n) is 14.1. The van der Waals surface area contributed by atoms with Crippen molar-refractivity contribution in [3.8, 4) is 11.1 Å². The molecule has 0 bridgehead atoms. The molecule has 1 heterocycles. The summed E-state index contributed by atoms with van der Waals surface area (Å²) >= 11 is 0. The molecule has 132 valence electrons. The van der Waals surface area contributed by atoms with Gasteiger partial charge in [-0.2, -0.15) is 0 Å². The number of rotatable bonds is 3. The van der Waals surface area contributed by atoms with Crippen molar-refractivity contribution in [2.24, 2.45) is 0 Å². The first-order chi connectivity index (χ1) is 13.1. The van der Waals surface area contributed by atoms with Crippen molar-refractivity contribution in [3.63, 3.8) is 0 Å². The quantitative estimate of drug-likeness (QED) is 0.569. The molecule has 4 rings (SSSR count). The van der Waals surface area contributed by atoms with Crippen LogP contribution in [0.3, 0.4) is 0 Å². The van der Waals surface area contributed by atoms with E-state index < -0.39 is 17.3 Å². The van der Waals surface area contributed by atoms with Gasteiger partial charge in [-0.05, 0) is 35.9 Å². The highest BCUT2D eigenvalue weighted by Crippen LogP contribution is 2.31. The largest absolute Gasteiger partial charge is 0.416 e. The lowest BCUT2D eigenvalue weighted by Crippen LogP contribution is -2.16. The summed E-state index contributed by atoms with van der Waals surface area (Å²) in [7, 11) is 0. The lowest BCUT2D eigenvalue weighted by molar-refractivity contribution is 0.0994. The number of anilines is 1. The Morgan fingerprint density at radius 2 is 1.44 bits per heavy atom. The van der Waals surface area contributed by atoms with Crippen LogP contribution in [0.25, 0.3) is 21.9 Å². The van der Waals surface area contributed by atoms with Crippen LogP contribution >= 0.6 is 0 Å². The summed E-state index contributed by atoms with van der Waals surface area (Å²) in [6, 6.07) is 21.6. The minimum atomic E-state index is -0.588. The number of hydrogen-bond acceptors (Lipinski definition) is 3. The van der Waals surface area contributed by atoms with Gasteiger partial charge in [0.05, 0.1) is 5.39 Å². The molecule has 1 N–H and O–H groups in total. The van der Waals surface area contributed by atoms with E-state index in [9.17, 15) is 14.0 Å². The van der Waals surface area contributed by atoms with Crippen molar-refractivity contribution in [1.29, 1.82) is 0 Å². The second-order valence-electron chi connectivity index (χ2n) is 5.97. The van der Waals surface area contributed by atoms with Crippen LogP contribution in [0.1, 0.15) is 10.6 Å². The molecule has 0 radical (unpaired) electrons. The van der Waals surface area contributed by atoms with Gasteiger partial charge >= 0.3 is 5.63 Å². The third kappa shape index (κ3) is 3.22. The topological polar surface area (TPSA) is 59.3 Å². The molecule has 1 aromatic heterocycles. The van der Waals surface area contributed by atoms with Crippen molar-refractivity contribution in [1.82, 2.24) is 0 Å². The Bertz CT molecular complexity index is 1180. The maximum atomic E-state index is 13.1. The number of nitrogens with one attached hydrogen (secondary N) is 1. The molecule has 4 nitrogen and oxygen atoms in total.